The summed E-state index contributed by atoms with van der Waals surface area (Å²) in [6, 6.07) is 18.6. The number of hydrogen-bond acceptors (Lipinski definition) is 3. The molecule has 2 aromatic rings. The van der Waals surface area contributed by atoms with E-state index in [2.05, 4.69) is 10.5 Å². The average Bonchev–Trinajstić information content (AvgIpc) is 2.46. The van der Waals surface area contributed by atoms with Gasteiger partial charge in [0.05, 0.1) is 0 Å². The standard InChI is InChI=1S/C15H14N2O/c1-16-17-14(12-8-4-2-5-9-12)15(18)13-10-6-3-7-11-13/h2-11,16H,1H3/b17-14+. The van der Waals surface area contributed by atoms with E-state index in [9.17, 15) is 4.79 Å². The molecule has 0 aliphatic heterocycles. The minimum Gasteiger partial charge on any atom is -0.312 e. The van der Waals surface area contributed by atoms with Gasteiger partial charge >= 0.3 is 0 Å². The van der Waals surface area contributed by atoms with Crippen LogP contribution in [0.25, 0.3) is 0 Å². The molecule has 0 saturated carbocycles. The van der Waals surface area contributed by atoms with Gasteiger partial charge in [0, 0.05) is 18.2 Å². The lowest BCUT2D eigenvalue weighted by Gasteiger charge is -2.05. The van der Waals surface area contributed by atoms with E-state index in [1.807, 2.05) is 48.5 Å². The summed E-state index contributed by atoms with van der Waals surface area (Å²) in [4.78, 5) is 12.4. The van der Waals surface area contributed by atoms with Crippen LogP contribution in [0.5, 0.6) is 0 Å². The maximum Gasteiger partial charge on any atom is 0.213 e. The van der Waals surface area contributed by atoms with Crippen LogP contribution in [-0.2, 0) is 0 Å². The van der Waals surface area contributed by atoms with Crippen molar-refractivity contribution in [2.24, 2.45) is 5.10 Å². The van der Waals surface area contributed by atoms with Crippen LogP contribution in [0.15, 0.2) is 65.8 Å². The van der Waals surface area contributed by atoms with Crippen molar-refractivity contribution in [3.8, 4) is 0 Å². The Labute approximate surface area is 106 Å². The van der Waals surface area contributed by atoms with Crippen LogP contribution >= 0.6 is 0 Å². The predicted molar refractivity (Wildman–Crippen MR) is 72.8 cm³/mol. The third kappa shape index (κ3) is 2.63. The Kier molecular flexibility index (Phi) is 3.86. The summed E-state index contributed by atoms with van der Waals surface area (Å²) in [7, 11) is 1.68. The Balaban J connectivity index is 2.39. The zero-order chi connectivity index (χ0) is 12.8. The fraction of sp³-hybridized carbons (Fsp3) is 0.0667. The largest absolute Gasteiger partial charge is 0.312 e. The van der Waals surface area contributed by atoms with Gasteiger partial charge in [-0.3, -0.25) is 4.79 Å². The van der Waals surface area contributed by atoms with Gasteiger partial charge in [-0.05, 0) is 0 Å². The third-order valence-electron chi connectivity index (χ3n) is 2.52. The third-order valence-corrected chi connectivity index (χ3v) is 2.52. The van der Waals surface area contributed by atoms with Gasteiger partial charge in [-0.25, -0.2) is 0 Å². The molecule has 0 atom stereocenters. The van der Waals surface area contributed by atoms with E-state index in [-0.39, 0.29) is 5.78 Å². The molecule has 0 aliphatic carbocycles. The number of hydrogen-bond donors (Lipinski definition) is 1. The number of carbonyl (C=O) groups excluding carboxylic acids is 1. The Hall–Kier alpha value is -2.42. The van der Waals surface area contributed by atoms with E-state index in [1.54, 1.807) is 19.2 Å². The molecule has 3 nitrogen and oxygen atoms in total. The molecular formula is C15H14N2O. The molecule has 0 saturated heterocycles. The first-order valence-electron chi connectivity index (χ1n) is 5.72. The number of benzene rings is 2. The summed E-state index contributed by atoms with van der Waals surface area (Å²) in [5.74, 6) is -0.0869. The van der Waals surface area contributed by atoms with Crippen molar-refractivity contribution in [1.29, 1.82) is 0 Å². The summed E-state index contributed by atoms with van der Waals surface area (Å²) < 4.78 is 0. The van der Waals surface area contributed by atoms with Gasteiger partial charge in [0.2, 0.25) is 5.78 Å². The van der Waals surface area contributed by atoms with Gasteiger partial charge in [0.25, 0.3) is 0 Å². The van der Waals surface area contributed by atoms with Crippen molar-refractivity contribution in [3.05, 3.63) is 71.8 Å². The van der Waals surface area contributed by atoms with Gasteiger partial charge in [0.1, 0.15) is 5.71 Å². The highest BCUT2D eigenvalue weighted by Gasteiger charge is 2.15. The first-order chi connectivity index (χ1) is 8.83. The van der Waals surface area contributed by atoms with Crippen molar-refractivity contribution in [2.45, 2.75) is 0 Å². The average molecular weight is 238 g/mol. The Morgan fingerprint density at radius 3 is 1.89 bits per heavy atom. The molecule has 0 spiro atoms. The van der Waals surface area contributed by atoms with Crippen LogP contribution in [0.2, 0.25) is 0 Å². The highest BCUT2D eigenvalue weighted by atomic mass is 16.1. The van der Waals surface area contributed by atoms with E-state index >= 15 is 0 Å². The molecule has 3 heteroatoms. The lowest BCUT2D eigenvalue weighted by molar-refractivity contribution is 0.106. The van der Waals surface area contributed by atoms with Crippen molar-refractivity contribution in [1.82, 2.24) is 5.43 Å². The lowest BCUT2D eigenvalue weighted by Crippen LogP contribution is -2.18. The maximum absolute atomic E-state index is 12.4. The van der Waals surface area contributed by atoms with E-state index in [0.717, 1.165) is 5.56 Å². The van der Waals surface area contributed by atoms with Gasteiger partial charge in [-0.1, -0.05) is 60.7 Å². The van der Waals surface area contributed by atoms with E-state index in [0.29, 0.717) is 11.3 Å². The maximum atomic E-state index is 12.4. The molecule has 0 amide bonds. The monoisotopic (exact) mass is 238 g/mol. The number of Topliss-reactive ketones (excluding diaryl/α,β-unsaturated/α-hetero) is 1. The first kappa shape index (κ1) is 12.0. The van der Waals surface area contributed by atoms with Crippen LogP contribution in [0.4, 0.5) is 0 Å². The Bertz CT molecular complexity index is 547. The molecule has 90 valence electrons. The molecule has 1 N–H and O–H groups in total. The topological polar surface area (TPSA) is 41.5 Å². The lowest BCUT2D eigenvalue weighted by atomic mass is 10.0. The minimum atomic E-state index is -0.0869. The van der Waals surface area contributed by atoms with Gasteiger partial charge in [-0.15, -0.1) is 0 Å². The summed E-state index contributed by atoms with van der Waals surface area (Å²) in [6.45, 7) is 0. The SMILES string of the molecule is CN/N=C(/C(=O)c1ccccc1)c1ccccc1. The second kappa shape index (κ2) is 5.77. The summed E-state index contributed by atoms with van der Waals surface area (Å²) in [5.41, 5.74) is 4.55. The number of nitrogens with zero attached hydrogens (tertiary/aromatic N) is 1. The minimum absolute atomic E-state index is 0.0869. The summed E-state index contributed by atoms with van der Waals surface area (Å²) in [5, 5.41) is 4.09. The van der Waals surface area contributed by atoms with Gasteiger partial charge in [0.15, 0.2) is 0 Å². The zero-order valence-electron chi connectivity index (χ0n) is 10.1. The molecule has 0 radical (unpaired) electrons. The smallest absolute Gasteiger partial charge is 0.213 e. The number of ketones is 1. The van der Waals surface area contributed by atoms with Crippen molar-refractivity contribution >= 4 is 11.5 Å². The van der Waals surface area contributed by atoms with Crippen LogP contribution in [0.1, 0.15) is 15.9 Å². The fourth-order valence-electron chi connectivity index (χ4n) is 1.68. The zero-order valence-corrected chi connectivity index (χ0v) is 10.1. The van der Waals surface area contributed by atoms with E-state index in [1.165, 1.54) is 0 Å². The second-order valence-electron chi connectivity index (χ2n) is 3.75. The number of nitrogens with one attached hydrogen (secondary N) is 1. The van der Waals surface area contributed by atoms with E-state index < -0.39 is 0 Å². The van der Waals surface area contributed by atoms with Crippen molar-refractivity contribution < 1.29 is 4.79 Å². The molecular weight excluding hydrogens is 224 g/mol. The first-order valence-corrected chi connectivity index (χ1v) is 5.72. The van der Waals surface area contributed by atoms with Crippen LogP contribution in [0.3, 0.4) is 0 Å². The molecule has 0 bridgehead atoms. The number of rotatable bonds is 4. The highest BCUT2D eigenvalue weighted by Crippen LogP contribution is 2.08. The molecule has 0 aromatic heterocycles. The van der Waals surface area contributed by atoms with Crippen LogP contribution < -0.4 is 5.43 Å². The molecule has 0 heterocycles. The number of carbonyl (C=O) groups is 1. The fourth-order valence-corrected chi connectivity index (χ4v) is 1.68. The normalized spacial score (nSPS) is 11.1. The number of hydrazone groups is 1. The van der Waals surface area contributed by atoms with Crippen LogP contribution in [-0.4, -0.2) is 18.5 Å². The van der Waals surface area contributed by atoms with E-state index in [4.69, 9.17) is 0 Å². The van der Waals surface area contributed by atoms with Gasteiger partial charge < -0.3 is 5.43 Å². The quantitative estimate of drug-likeness (QED) is 0.505. The Morgan fingerprint density at radius 2 is 1.39 bits per heavy atom. The highest BCUT2D eigenvalue weighted by molar-refractivity contribution is 6.51. The molecule has 2 aromatic carbocycles. The van der Waals surface area contributed by atoms with Crippen LogP contribution in [0, 0.1) is 0 Å². The molecule has 0 aliphatic rings. The van der Waals surface area contributed by atoms with Crippen molar-refractivity contribution in [3.63, 3.8) is 0 Å². The predicted octanol–water partition coefficient (Wildman–Crippen LogP) is 2.49. The molecule has 0 unspecified atom stereocenters. The molecule has 18 heavy (non-hydrogen) atoms. The Morgan fingerprint density at radius 1 is 0.889 bits per heavy atom. The van der Waals surface area contributed by atoms with Gasteiger partial charge in [-0.2, -0.15) is 5.10 Å². The summed E-state index contributed by atoms with van der Waals surface area (Å²) >= 11 is 0. The summed E-state index contributed by atoms with van der Waals surface area (Å²) in [6.07, 6.45) is 0. The van der Waals surface area contributed by atoms with Crippen molar-refractivity contribution in [2.75, 3.05) is 7.05 Å². The molecule has 0 fully saturated rings. The molecule has 2 rings (SSSR count). The second-order valence-corrected chi connectivity index (χ2v) is 3.75.